The quantitative estimate of drug-likeness (QED) is 0.567. The van der Waals surface area contributed by atoms with Gasteiger partial charge in [-0.15, -0.1) is 10.2 Å². The van der Waals surface area contributed by atoms with Crippen LogP contribution >= 0.6 is 11.8 Å². The number of aromatic nitrogens is 5. The van der Waals surface area contributed by atoms with E-state index < -0.39 is 0 Å². The molecule has 2 aromatic heterocycles. The SMILES string of the molecule is Cc1nc2ccccc2nc1Sc1nnc(C)n1-c1ccccc1. The largest absolute Gasteiger partial charge is 0.274 e. The fraction of sp³-hybridized carbons (Fsp3) is 0.111. The van der Waals surface area contributed by atoms with Crippen LogP contribution in [0.4, 0.5) is 0 Å². The normalized spacial score (nSPS) is 11.1. The molecule has 0 unspecified atom stereocenters. The Morgan fingerprint density at radius 1 is 0.792 bits per heavy atom. The highest BCUT2D eigenvalue weighted by Crippen LogP contribution is 2.30. The van der Waals surface area contributed by atoms with Gasteiger partial charge in [-0.1, -0.05) is 30.3 Å². The molecule has 2 aromatic carbocycles. The molecule has 0 aliphatic heterocycles. The third-order valence-corrected chi connectivity index (χ3v) is 4.73. The number of para-hydroxylation sites is 3. The van der Waals surface area contributed by atoms with Gasteiger partial charge in [-0.05, 0) is 49.9 Å². The van der Waals surface area contributed by atoms with Gasteiger partial charge in [0.1, 0.15) is 10.9 Å². The van der Waals surface area contributed by atoms with E-state index in [2.05, 4.69) is 15.2 Å². The summed E-state index contributed by atoms with van der Waals surface area (Å²) in [5, 5.41) is 10.2. The van der Waals surface area contributed by atoms with Crippen LogP contribution in [0.3, 0.4) is 0 Å². The Morgan fingerprint density at radius 3 is 2.21 bits per heavy atom. The first kappa shape index (κ1) is 14.8. The van der Waals surface area contributed by atoms with Crippen LogP contribution in [0.2, 0.25) is 0 Å². The van der Waals surface area contributed by atoms with Gasteiger partial charge in [0, 0.05) is 5.69 Å². The van der Waals surface area contributed by atoms with Gasteiger partial charge < -0.3 is 0 Å². The van der Waals surface area contributed by atoms with Crippen molar-refractivity contribution in [3.63, 3.8) is 0 Å². The van der Waals surface area contributed by atoms with Crippen molar-refractivity contribution in [1.82, 2.24) is 24.7 Å². The van der Waals surface area contributed by atoms with Crippen molar-refractivity contribution >= 4 is 22.8 Å². The van der Waals surface area contributed by atoms with Crippen LogP contribution in [0.1, 0.15) is 11.5 Å². The van der Waals surface area contributed by atoms with Crippen LogP contribution < -0.4 is 0 Å². The summed E-state index contributed by atoms with van der Waals surface area (Å²) in [7, 11) is 0. The number of hydrogen-bond donors (Lipinski definition) is 0. The van der Waals surface area contributed by atoms with E-state index >= 15 is 0 Å². The van der Waals surface area contributed by atoms with Gasteiger partial charge in [0.15, 0.2) is 0 Å². The number of rotatable bonds is 3. The highest BCUT2D eigenvalue weighted by molar-refractivity contribution is 7.99. The maximum absolute atomic E-state index is 4.73. The van der Waals surface area contributed by atoms with Crippen molar-refractivity contribution in [2.45, 2.75) is 24.0 Å². The Morgan fingerprint density at radius 2 is 1.46 bits per heavy atom. The van der Waals surface area contributed by atoms with Crippen molar-refractivity contribution in [2.24, 2.45) is 0 Å². The van der Waals surface area contributed by atoms with Gasteiger partial charge in [0.25, 0.3) is 0 Å². The number of aryl methyl sites for hydroxylation is 2. The molecule has 0 saturated heterocycles. The minimum atomic E-state index is 0.784. The van der Waals surface area contributed by atoms with E-state index in [0.717, 1.165) is 38.4 Å². The first-order valence-electron chi connectivity index (χ1n) is 7.61. The molecule has 24 heavy (non-hydrogen) atoms. The second-order valence-electron chi connectivity index (χ2n) is 5.41. The van der Waals surface area contributed by atoms with Crippen LogP contribution in [-0.4, -0.2) is 24.7 Å². The summed E-state index contributed by atoms with van der Waals surface area (Å²) in [5.41, 5.74) is 3.71. The summed E-state index contributed by atoms with van der Waals surface area (Å²) in [6.07, 6.45) is 0. The third-order valence-electron chi connectivity index (χ3n) is 3.70. The molecule has 118 valence electrons. The summed E-state index contributed by atoms with van der Waals surface area (Å²) >= 11 is 1.49. The lowest BCUT2D eigenvalue weighted by molar-refractivity contribution is 0.864. The van der Waals surface area contributed by atoms with Gasteiger partial charge >= 0.3 is 0 Å². The van der Waals surface area contributed by atoms with Crippen LogP contribution in [0.15, 0.2) is 64.8 Å². The number of fused-ring (bicyclic) bond motifs is 1. The highest BCUT2D eigenvalue weighted by atomic mass is 32.2. The molecule has 0 fully saturated rings. The Hall–Kier alpha value is -2.73. The lowest BCUT2D eigenvalue weighted by atomic mass is 10.3. The van der Waals surface area contributed by atoms with Crippen molar-refractivity contribution in [3.8, 4) is 5.69 Å². The Balaban J connectivity index is 1.78. The third kappa shape index (κ3) is 2.65. The summed E-state index contributed by atoms with van der Waals surface area (Å²) in [6, 6.07) is 18.0. The molecule has 0 aliphatic carbocycles. The number of nitrogens with zero attached hydrogens (tertiary/aromatic N) is 5. The van der Waals surface area contributed by atoms with E-state index in [1.807, 2.05) is 73.0 Å². The van der Waals surface area contributed by atoms with Crippen LogP contribution in [0, 0.1) is 13.8 Å². The van der Waals surface area contributed by atoms with E-state index in [0.29, 0.717) is 0 Å². The molecule has 0 N–H and O–H groups in total. The van der Waals surface area contributed by atoms with E-state index in [9.17, 15) is 0 Å². The van der Waals surface area contributed by atoms with E-state index in [4.69, 9.17) is 4.98 Å². The lowest BCUT2D eigenvalue weighted by Crippen LogP contribution is -2.00. The van der Waals surface area contributed by atoms with Gasteiger partial charge in [0.2, 0.25) is 5.16 Å². The smallest absolute Gasteiger partial charge is 0.202 e. The summed E-state index contributed by atoms with van der Waals surface area (Å²) < 4.78 is 2.03. The second kappa shape index (κ2) is 6.05. The predicted octanol–water partition coefficient (Wildman–Crippen LogP) is 3.98. The fourth-order valence-corrected chi connectivity index (χ4v) is 3.46. The van der Waals surface area contributed by atoms with Crippen LogP contribution in [0.25, 0.3) is 16.7 Å². The first-order chi connectivity index (χ1) is 11.7. The van der Waals surface area contributed by atoms with Crippen molar-refractivity contribution < 1.29 is 0 Å². The monoisotopic (exact) mass is 333 g/mol. The summed E-state index contributed by atoms with van der Waals surface area (Å²) in [5.74, 6) is 0.843. The van der Waals surface area contributed by atoms with Gasteiger partial charge in [-0.25, -0.2) is 9.97 Å². The zero-order chi connectivity index (χ0) is 16.5. The highest BCUT2D eigenvalue weighted by Gasteiger charge is 2.15. The molecule has 5 nitrogen and oxygen atoms in total. The number of benzene rings is 2. The zero-order valence-corrected chi connectivity index (χ0v) is 14.2. The van der Waals surface area contributed by atoms with Crippen LogP contribution in [-0.2, 0) is 0 Å². The average molecular weight is 333 g/mol. The second-order valence-corrected chi connectivity index (χ2v) is 6.36. The summed E-state index contributed by atoms with van der Waals surface area (Å²) in [6.45, 7) is 3.92. The molecular formula is C18H15N5S. The number of hydrogen-bond acceptors (Lipinski definition) is 5. The Kier molecular flexibility index (Phi) is 3.74. The average Bonchev–Trinajstić information content (AvgIpc) is 2.97. The standard InChI is InChI=1S/C18H15N5S/c1-12-17(20-16-11-7-6-10-15(16)19-12)24-18-22-21-13(2)23(18)14-8-4-3-5-9-14/h3-11H,1-2H3. The van der Waals surface area contributed by atoms with Crippen molar-refractivity contribution in [2.75, 3.05) is 0 Å². The summed E-state index contributed by atoms with van der Waals surface area (Å²) in [4.78, 5) is 9.37. The molecule has 0 aliphatic rings. The predicted molar refractivity (Wildman–Crippen MR) is 94.5 cm³/mol. The lowest BCUT2D eigenvalue weighted by Gasteiger charge is -2.09. The van der Waals surface area contributed by atoms with Crippen LogP contribution in [0.5, 0.6) is 0 Å². The maximum atomic E-state index is 4.73. The van der Waals surface area contributed by atoms with Gasteiger partial charge in [0.05, 0.1) is 16.7 Å². The van der Waals surface area contributed by atoms with Gasteiger partial charge in [-0.2, -0.15) is 0 Å². The molecule has 0 radical (unpaired) electrons. The molecule has 4 aromatic rings. The van der Waals surface area contributed by atoms with E-state index in [-0.39, 0.29) is 0 Å². The van der Waals surface area contributed by atoms with Crippen molar-refractivity contribution in [3.05, 3.63) is 66.1 Å². The molecule has 0 amide bonds. The minimum Gasteiger partial charge on any atom is -0.274 e. The molecule has 2 heterocycles. The van der Waals surface area contributed by atoms with Crippen molar-refractivity contribution in [1.29, 1.82) is 0 Å². The fourth-order valence-electron chi connectivity index (χ4n) is 2.54. The Bertz CT molecular complexity index is 1010. The van der Waals surface area contributed by atoms with E-state index in [1.165, 1.54) is 11.8 Å². The molecule has 0 atom stereocenters. The molecular weight excluding hydrogens is 318 g/mol. The topological polar surface area (TPSA) is 56.5 Å². The molecule has 0 spiro atoms. The first-order valence-corrected chi connectivity index (χ1v) is 8.43. The molecule has 0 bridgehead atoms. The molecule has 6 heteroatoms. The van der Waals surface area contributed by atoms with Gasteiger partial charge in [-0.3, -0.25) is 4.57 Å². The minimum absolute atomic E-state index is 0.784. The Labute approximate surface area is 143 Å². The zero-order valence-electron chi connectivity index (χ0n) is 13.3. The maximum Gasteiger partial charge on any atom is 0.202 e. The van der Waals surface area contributed by atoms with E-state index in [1.54, 1.807) is 0 Å². The molecule has 4 rings (SSSR count). The molecule has 0 saturated carbocycles.